The van der Waals surface area contributed by atoms with Gasteiger partial charge in [-0.1, -0.05) is 12.1 Å². The zero-order valence-corrected chi connectivity index (χ0v) is 12.3. The standard InChI is InChI=1S/C15H18N2O5/c1-3-4-5-9-13(15(19)22-2)16-14(18)11-7-6-8-12(10-11)17(20)21/h3,6-8,10,13H,1,4-5,9H2,2H3,(H,16,18)/t13-/m0/s1. The average Bonchev–Trinajstić information content (AvgIpc) is 2.53. The van der Waals surface area contributed by atoms with Crippen molar-refractivity contribution in [3.63, 3.8) is 0 Å². The van der Waals surface area contributed by atoms with Gasteiger partial charge in [0.2, 0.25) is 0 Å². The van der Waals surface area contributed by atoms with Gasteiger partial charge in [-0.15, -0.1) is 6.58 Å². The first-order valence-electron chi connectivity index (χ1n) is 6.73. The number of rotatable bonds is 8. The van der Waals surface area contributed by atoms with E-state index in [1.165, 1.54) is 25.3 Å². The number of hydrogen-bond acceptors (Lipinski definition) is 5. The number of ether oxygens (including phenoxy) is 1. The maximum absolute atomic E-state index is 12.1. The Morgan fingerprint density at radius 1 is 1.50 bits per heavy atom. The van der Waals surface area contributed by atoms with E-state index in [2.05, 4.69) is 16.6 Å². The van der Waals surface area contributed by atoms with Crippen LogP contribution in [0.3, 0.4) is 0 Å². The molecule has 0 bridgehead atoms. The van der Waals surface area contributed by atoms with Crippen molar-refractivity contribution >= 4 is 17.6 Å². The lowest BCUT2D eigenvalue weighted by Gasteiger charge is -2.16. The number of carbonyl (C=O) groups is 2. The Morgan fingerprint density at radius 3 is 2.82 bits per heavy atom. The topological polar surface area (TPSA) is 98.5 Å². The highest BCUT2D eigenvalue weighted by Crippen LogP contribution is 2.13. The summed E-state index contributed by atoms with van der Waals surface area (Å²) in [6, 6.07) is 4.52. The van der Waals surface area contributed by atoms with Crippen LogP contribution in [0.4, 0.5) is 5.69 Å². The first kappa shape index (κ1) is 17.4. The van der Waals surface area contributed by atoms with E-state index in [0.29, 0.717) is 19.3 Å². The summed E-state index contributed by atoms with van der Waals surface area (Å²) in [4.78, 5) is 33.9. The van der Waals surface area contributed by atoms with Crippen LogP contribution in [0.2, 0.25) is 0 Å². The zero-order chi connectivity index (χ0) is 16.5. The summed E-state index contributed by atoms with van der Waals surface area (Å²) in [5.41, 5.74) is -0.0688. The number of benzene rings is 1. The van der Waals surface area contributed by atoms with Crippen molar-refractivity contribution in [3.05, 3.63) is 52.6 Å². The molecule has 7 heteroatoms. The minimum atomic E-state index is -0.795. The SMILES string of the molecule is C=CCCC[C@H](NC(=O)c1cccc([N+](=O)[O-])c1)C(=O)OC. The van der Waals surface area contributed by atoms with E-state index < -0.39 is 22.8 Å². The lowest BCUT2D eigenvalue weighted by Crippen LogP contribution is -2.41. The number of nitro groups is 1. The largest absolute Gasteiger partial charge is 0.467 e. The van der Waals surface area contributed by atoms with Gasteiger partial charge in [0.05, 0.1) is 12.0 Å². The smallest absolute Gasteiger partial charge is 0.328 e. The first-order chi connectivity index (χ1) is 10.5. The molecule has 0 aliphatic rings. The number of allylic oxidation sites excluding steroid dienone is 1. The van der Waals surface area contributed by atoms with Crippen molar-refractivity contribution in [2.45, 2.75) is 25.3 Å². The van der Waals surface area contributed by atoms with E-state index >= 15 is 0 Å². The van der Waals surface area contributed by atoms with E-state index in [9.17, 15) is 19.7 Å². The molecule has 0 saturated carbocycles. The molecule has 1 aromatic carbocycles. The summed E-state index contributed by atoms with van der Waals surface area (Å²) in [5, 5.41) is 13.3. The molecule has 0 aliphatic carbocycles. The van der Waals surface area contributed by atoms with Crippen molar-refractivity contribution in [1.29, 1.82) is 0 Å². The lowest BCUT2D eigenvalue weighted by atomic mass is 10.1. The van der Waals surface area contributed by atoms with E-state index in [4.69, 9.17) is 0 Å². The molecule has 0 aromatic heterocycles. The Hall–Kier alpha value is -2.70. The molecule has 1 amide bonds. The Labute approximate surface area is 128 Å². The van der Waals surface area contributed by atoms with Crippen LogP contribution in [0.25, 0.3) is 0 Å². The van der Waals surface area contributed by atoms with Crippen molar-refractivity contribution < 1.29 is 19.2 Å². The third-order valence-corrected chi connectivity index (χ3v) is 3.01. The Bertz CT molecular complexity index is 571. The van der Waals surface area contributed by atoms with Gasteiger partial charge in [-0.3, -0.25) is 14.9 Å². The summed E-state index contributed by atoms with van der Waals surface area (Å²) < 4.78 is 4.65. The minimum Gasteiger partial charge on any atom is -0.467 e. The van der Waals surface area contributed by atoms with Crippen LogP contribution in [-0.4, -0.2) is 30.0 Å². The lowest BCUT2D eigenvalue weighted by molar-refractivity contribution is -0.384. The van der Waals surface area contributed by atoms with E-state index in [1.807, 2.05) is 0 Å². The van der Waals surface area contributed by atoms with Gasteiger partial charge >= 0.3 is 5.97 Å². The molecule has 118 valence electrons. The van der Waals surface area contributed by atoms with Crippen LogP contribution < -0.4 is 5.32 Å². The van der Waals surface area contributed by atoms with Crippen LogP contribution in [0.5, 0.6) is 0 Å². The predicted molar refractivity (Wildman–Crippen MR) is 80.4 cm³/mol. The minimum absolute atomic E-state index is 0.117. The molecular formula is C15H18N2O5. The molecule has 1 aromatic rings. The molecule has 7 nitrogen and oxygen atoms in total. The molecule has 0 radical (unpaired) electrons. The van der Waals surface area contributed by atoms with Gasteiger partial charge in [0.15, 0.2) is 0 Å². The number of nitro benzene ring substituents is 1. The quantitative estimate of drug-likeness (QED) is 0.261. The van der Waals surface area contributed by atoms with Crippen molar-refractivity contribution in [1.82, 2.24) is 5.32 Å². The Kier molecular flexibility index (Phi) is 6.75. The number of esters is 1. The number of non-ortho nitro benzene ring substituents is 1. The molecular weight excluding hydrogens is 288 g/mol. The number of unbranched alkanes of at least 4 members (excludes halogenated alkanes) is 1. The molecule has 0 heterocycles. The third kappa shape index (κ3) is 5.01. The number of nitrogens with one attached hydrogen (secondary N) is 1. The number of hydrogen-bond donors (Lipinski definition) is 1. The predicted octanol–water partition coefficient (Wildman–Crippen LogP) is 2.22. The van der Waals surface area contributed by atoms with Crippen molar-refractivity contribution in [3.8, 4) is 0 Å². The molecule has 1 rings (SSSR count). The van der Waals surface area contributed by atoms with Gasteiger partial charge in [0, 0.05) is 17.7 Å². The zero-order valence-electron chi connectivity index (χ0n) is 12.3. The normalized spacial score (nSPS) is 11.3. The molecule has 0 unspecified atom stereocenters. The van der Waals surface area contributed by atoms with Gasteiger partial charge in [-0.05, 0) is 25.3 Å². The van der Waals surface area contributed by atoms with Crippen LogP contribution in [0.1, 0.15) is 29.6 Å². The second-order valence-electron chi connectivity index (χ2n) is 4.58. The summed E-state index contributed by atoms with van der Waals surface area (Å²) in [7, 11) is 1.24. The van der Waals surface area contributed by atoms with Crippen LogP contribution in [-0.2, 0) is 9.53 Å². The fraction of sp³-hybridized carbons (Fsp3) is 0.333. The second-order valence-corrected chi connectivity index (χ2v) is 4.58. The summed E-state index contributed by atoms with van der Waals surface area (Å²) in [6.45, 7) is 3.59. The maximum atomic E-state index is 12.1. The summed E-state index contributed by atoms with van der Waals surface area (Å²) in [6.07, 6.45) is 3.49. The van der Waals surface area contributed by atoms with Crippen LogP contribution >= 0.6 is 0 Å². The highest BCUT2D eigenvalue weighted by atomic mass is 16.6. The molecule has 1 N–H and O–H groups in total. The Balaban J connectivity index is 2.81. The molecule has 1 atom stereocenters. The second kappa shape index (κ2) is 8.56. The fourth-order valence-electron chi connectivity index (χ4n) is 1.86. The summed E-state index contributed by atoms with van der Waals surface area (Å²) >= 11 is 0. The Morgan fingerprint density at radius 2 is 2.23 bits per heavy atom. The fourth-order valence-corrected chi connectivity index (χ4v) is 1.86. The molecule has 22 heavy (non-hydrogen) atoms. The van der Waals surface area contributed by atoms with Gasteiger partial charge in [0.1, 0.15) is 6.04 Å². The van der Waals surface area contributed by atoms with Gasteiger partial charge in [-0.25, -0.2) is 4.79 Å². The highest BCUT2D eigenvalue weighted by molar-refractivity contribution is 5.97. The molecule has 0 fully saturated rings. The van der Waals surface area contributed by atoms with E-state index in [0.717, 1.165) is 6.07 Å². The monoisotopic (exact) mass is 306 g/mol. The molecule has 0 spiro atoms. The van der Waals surface area contributed by atoms with Crippen molar-refractivity contribution in [2.24, 2.45) is 0 Å². The van der Waals surface area contributed by atoms with Crippen molar-refractivity contribution in [2.75, 3.05) is 7.11 Å². The number of nitrogens with zero attached hydrogens (tertiary/aromatic N) is 1. The average molecular weight is 306 g/mol. The van der Waals surface area contributed by atoms with Crippen LogP contribution in [0.15, 0.2) is 36.9 Å². The number of methoxy groups -OCH3 is 1. The van der Waals surface area contributed by atoms with Crippen LogP contribution in [0, 0.1) is 10.1 Å². The molecule has 0 saturated heterocycles. The van der Waals surface area contributed by atoms with E-state index in [-0.39, 0.29) is 11.3 Å². The third-order valence-electron chi connectivity index (χ3n) is 3.01. The van der Waals surface area contributed by atoms with Gasteiger partial charge in [-0.2, -0.15) is 0 Å². The number of amides is 1. The highest BCUT2D eigenvalue weighted by Gasteiger charge is 2.22. The summed E-state index contributed by atoms with van der Waals surface area (Å²) in [5.74, 6) is -1.11. The van der Waals surface area contributed by atoms with Gasteiger partial charge < -0.3 is 10.1 Å². The number of carbonyl (C=O) groups excluding carboxylic acids is 2. The molecule has 0 aliphatic heterocycles. The first-order valence-corrected chi connectivity index (χ1v) is 6.73. The van der Waals surface area contributed by atoms with E-state index in [1.54, 1.807) is 6.08 Å². The maximum Gasteiger partial charge on any atom is 0.328 e. The van der Waals surface area contributed by atoms with Gasteiger partial charge in [0.25, 0.3) is 11.6 Å².